The maximum Gasteiger partial charge on any atom is 0.147 e. The maximum absolute atomic E-state index is 9.05. The van der Waals surface area contributed by atoms with Gasteiger partial charge in [-0.2, -0.15) is 0 Å². The van der Waals surface area contributed by atoms with Gasteiger partial charge in [0, 0.05) is 17.6 Å². The molecule has 3 aromatic heterocycles. The average Bonchev–Trinajstić information content (AvgIpc) is 3.17. The summed E-state index contributed by atoms with van der Waals surface area (Å²) in [5.74, 6) is 0.802. The Morgan fingerprint density at radius 1 is 1.26 bits per heavy atom. The Bertz CT molecular complexity index is 874. The zero-order valence-corrected chi connectivity index (χ0v) is 14.0. The van der Waals surface area contributed by atoms with Crippen LogP contribution in [0.2, 0.25) is 0 Å². The van der Waals surface area contributed by atoms with Crippen molar-refractivity contribution in [2.45, 2.75) is 39.0 Å². The molecule has 0 radical (unpaired) electrons. The molecule has 3 aromatic rings. The van der Waals surface area contributed by atoms with Gasteiger partial charge in [-0.25, -0.2) is 15.0 Å². The number of pyridine rings is 1. The normalized spacial score (nSPS) is 13.8. The fourth-order valence-corrected chi connectivity index (χ4v) is 4.66. The average molecular weight is 328 g/mol. The van der Waals surface area contributed by atoms with Crippen LogP contribution in [0.5, 0.6) is 0 Å². The van der Waals surface area contributed by atoms with Crippen LogP contribution in [0.4, 0.5) is 5.82 Å². The monoisotopic (exact) mass is 328 g/mol. The first-order valence-electron chi connectivity index (χ1n) is 8.26. The first-order chi connectivity index (χ1) is 11.3. The van der Waals surface area contributed by atoms with Gasteiger partial charge < -0.3 is 10.4 Å². The highest BCUT2D eigenvalue weighted by atomic mass is 32.1. The van der Waals surface area contributed by atoms with Gasteiger partial charge in [0.05, 0.1) is 16.8 Å². The number of hydrogen-bond donors (Lipinski definition) is 2. The molecule has 0 bridgehead atoms. The number of hydrogen-bond acceptors (Lipinski definition) is 6. The second-order valence-electron chi connectivity index (χ2n) is 5.95. The quantitative estimate of drug-likeness (QED) is 0.753. The number of fused-ring (bicyclic) bond motifs is 5. The van der Waals surface area contributed by atoms with Crippen molar-refractivity contribution in [3.63, 3.8) is 0 Å². The van der Waals surface area contributed by atoms with E-state index < -0.39 is 0 Å². The zero-order chi connectivity index (χ0) is 15.8. The zero-order valence-electron chi connectivity index (χ0n) is 13.2. The summed E-state index contributed by atoms with van der Waals surface area (Å²) in [6, 6.07) is 0. The molecule has 0 fully saturated rings. The van der Waals surface area contributed by atoms with E-state index >= 15 is 0 Å². The van der Waals surface area contributed by atoms with E-state index in [4.69, 9.17) is 10.1 Å². The predicted molar refractivity (Wildman–Crippen MR) is 94.3 cm³/mol. The minimum Gasteiger partial charge on any atom is -0.395 e. The number of nitrogens with one attached hydrogen (secondary N) is 1. The molecule has 0 spiro atoms. The Kier molecular flexibility index (Phi) is 3.87. The summed E-state index contributed by atoms with van der Waals surface area (Å²) in [5, 5.41) is 13.5. The Morgan fingerprint density at radius 3 is 2.96 bits per heavy atom. The van der Waals surface area contributed by atoms with Crippen LogP contribution in [-0.4, -0.2) is 33.2 Å². The smallest absolute Gasteiger partial charge is 0.147 e. The summed E-state index contributed by atoms with van der Waals surface area (Å²) in [7, 11) is 0. The van der Waals surface area contributed by atoms with Crippen molar-refractivity contribution in [2.24, 2.45) is 0 Å². The van der Waals surface area contributed by atoms with Crippen molar-refractivity contribution in [3.05, 3.63) is 23.1 Å². The Labute approximate surface area is 138 Å². The van der Waals surface area contributed by atoms with Gasteiger partial charge in [0.1, 0.15) is 17.0 Å². The molecule has 0 unspecified atom stereocenters. The molecule has 23 heavy (non-hydrogen) atoms. The Morgan fingerprint density at radius 2 is 2.13 bits per heavy atom. The summed E-state index contributed by atoms with van der Waals surface area (Å²) in [5.41, 5.74) is 5.20. The summed E-state index contributed by atoms with van der Waals surface area (Å²) < 4.78 is 1.05. The van der Waals surface area contributed by atoms with Crippen LogP contribution in [0.1, 0.15) is 36.6 Å². The molecule has 3 heterocycles. The lowest BCUT2D eigenvalue weighted by atomic mass is 10.0. The van der Waals surface area contributed by atoms with Gasteiger partial charge in [0.2, 0.25) is 0 Å². The van der Waals surface area contributed by atoms with Crippen LogP contribution in [-0.2, 0) is 19.3 Å². The van der Waals surface area contributed by atoms with Crippen LogP contribution in [0.15, 0.2) is 6.33 Å². The lowest BCUT2D eigenvalue weighted by Gasteiger charge is -2.08. The van der Waals surface area contributed by atoms with Crippen molar-refractivity contribution >= 4 is 37.6 Å². The molecule has 4 rings (SSSR count). The van der Waals surface area contributed by atoms with Crippen LogP contribution in [0, 0.1) is 0 Å². The third kappa shape index (κ3) is 2.37. The molecule has 0 amide bonds. The minimum absolute atomic E-state index is 0.0880. The molecule has 0 aliphatic heterocycles. The summed E-state index contributed by atoms with van der Waals surface area (Å²) in [6.07, 6.45) is 7.26. The van der Waals surface area contributed by atoms with Gasteiger partial charge >= 0.3 is 0 Å². The number of thiophene rings is 1. The molecule has 6 heteroatoms. The highest BCUT2D eigenvalue weighted by molar-refractivity contribution is 7.26. The number of anilines is 1. The van der Waals surface area contributed by atoms with E-state index in [1.165, 1.54) is 28.6 Å². The molecule has 120 valence electrons. The second kappa shape index (κ2) is 6.02. The van der Waals surface area contributed by atoms with Crippen molar-refractivity contribution in [3.8, 4) is 0 Å². The first-order valence-corrected chi connectivity index (χ1v) is 9.07. The van der Waals surface area contributed by atoms with Crippen molar-refractivity contribution in [2.75, 3.05) is 18.5 Å². The van der Waals surface area contributed by atoms with Crippen LogP contribution in [0.3, 0.4) is 0 Å². The van der Waals surface area contributed by atoms with E-state index in [0.29, 0.717) is 6.54 Å². The van der Waals surface area contributed by atoms with Crippen LogP contribution < -0.4 is 5.32 Å². The molecule has 0 aromatic carbocycles. The number of nitrogens with zero attached hydrogens (tertiary/aromatic N) is 3. The summed E-state index contributed by atoms with van der Waals surface area (Å²) in [6.45, 7) is 2.79. The Hall–Kier alpha value is -1.79. The molecule has 2 N–H and O–H groups in total. The molecule has 0 atom stereocenters. The van der Waals surface area contributed by atoms with E-state index in [-0.39, 0.29) is 6.61 Å². The van der Waals surface area contributed by atoms with Gasteiger partial charge in [-0.15, -0.1) is 11.3 Å². The maximum atomic E-state index is 9.05. The lowest BCUT2D eigenvalue weighted by Crippen LogP contribution is -2.06. The summed E-state index contributed by atoms with van der Waals surface area (Å²) in [4.78, 5) is 14.9. The molecular formula is C17H20N4OS. The third-order valence-corrected chi connectivity index (χ3v) is 5.53. The molecule has 5 nitrogen and oxygen atoms in total. The van der Waals surface area contributed by atoms with E-state index in [0.717, 1.165) is 46.5 Å². The molecule has 1 aliphatic rings. The number of aromatic nitrogens is 3. The molecular weight excluding hydrogens is 308 g/mol. The van der Waals surface area contributed by atoms with Gasteiger partial charge in [-0.3, -0.25) is 0 Å². The standard InChI is InChI=1S/C17H20N4OS/c1-2-4-12-10-5-3-6-11(10)13-14-15(23-17(13)21-12)16(18-7-8-22)20-9-19-14/h9,22H,2-8H2,1H3,(H,18,19,20). The predicted octanol–water partition coefficient (Wildman–Crippen LogP) is 3.08. The first kappa shape index (κ1) is 14.8. The van der Waals surface area contributed by atoms with E-state index in [1.54, 1.807) is 17.7 Å². The van der Waals surface area contributed by atoms with Crippen molar-refractivity contribution in [1.29, 1.82) is 0 Å². The summed E-state index contributed by atoms with van der Waals surface area (Å²) >= 11 is 1.66. The third-order valence-electron chi connectivity index (χ3n) is 4.45. The highest BCUT2D eigenvalue weighted by Gasteiger charge is 2.23. The van der Waals surface area contributed by atoms with E-state index in [1.807, 2.05) is 0 Å². The minimum atomic E-state index is 0.0880. The van der Waals surface area contributed by atoms with Gasteiger partial charge in [-0.05, 0) is 36.8 Å². The highest BCUT2D eigenvalue weighted by Crippen LogP contribution is 2.41. The molecule has 0 saturated carbocycles. The fourth-order valence-electron chi connectivity index (χ4n) is 3.52. The fraction of sp³-hybridized carbons (Fsp3) is 0.471. The van der Waals surface area contributed by atoms with Crippen LogP contribution in [0.25, 0.3) is 20.4 Å². The number of aliphatic hydroxyl groups excluding tert-OH is 1. The van der Waals surface area contributed by atoms with Crippen LogP contribution >= 0.6 is 11.3 Å². The lowest BCUT2D eigenvalue weighted by molar-refractivity contribution is 0.311. The van der Waals surface area contributed by atoms with Gasteiger partial charge in [0.15, 0.2) is 0 Å². The Balaban J connectivity index is 1.98. The SMILES string of the molecule is CCCc1nc2sc3c(NCCO)ncnc3c2c2c1CCC2. The van der Waals surface area contributed by atoms with E-state index in [2.05, 4.69) is 22.2 Å². The molecule has 1 aliphatic carbocycles. The molecule has 0 saturated heterocycles. The number of aliphatic hydroxyl groups is 1. The van der Waals surface area contributed by atoms with Crippen molar-refractivity contribution in [1.82, 2.24) is 15.0 Å². The largest absolute Gasteiger partial charge is 0.395 e. The number of rotatable bonds is 5. The van der Waals surface area contributed by atoms with E-state index in [9.17, 15) is 0 Å². The van der Waals surface area contributed by atoms with Crippen molar-refractivity contribution < 1.29 is 5.11 Å². The number of aryl methyl sites for hydroxylation is 2. The van der Waals surface area contributed by atoms with Gasteiger partial charge in [-0.1, -0.05) is 13.3 Å². The second-order valence-corrected chi connectivity index (χ2v) is 6.95. The van der Waals surface area contributed by atoms with Gasteiger partial charge in [0.25, 0.3) is 0 Å². The topological polar surface area (TPSA) is 70.9 Å².